The van der Waals surface area contributed by atoms with Crippen molar-refractivity contribution in [1.82, 2.24) is 14.8 Å². The number of thiophene rings is 1. The highest BCUT2D eigenvalue weighted by molar-refractivity contribution is 7.99. The van der Waals surface area contributed by atoms with Crippen LogP contribution in [0, 0.1) is 6.92 Å². The molecule has 2 heterocycles. The number of primary amides is 1. The Morgan fingerprint density at radius 3 is 2.66 bits per heavy atom. The van der Waals surface area contributed by atoms with Crippen LogP contribution in [0.25, 0.3) is 0 Å². The maximum atomic E-state index is 12.6. The molecule has 2 aromatic heterocycles. The van der Waals surface area contributed by atoms with Crippen molar-refractivity contribution in [3.63, 3.8) is 0 Å². The zero-order valence-corrected chi connectivity index (χ0v) is 20.5. The molecule has 32 heavy (non-hydrogen) atoms. The Morgan fingerprint density at radius 2 is 1.91 bits per heavy atom. The summed E-state index contributed by atoms with van der Waals surface area (Å²) in [5, 5.41) is 12.6. The first kappa shape index (κ1) is 22.9. The van der Waals surface area contributed by atoms with Crippen molar-refractivity contribution < 1.29 is 9.59 Å². The van der Waals surface area contributed by atoms with E-state index in [0.29, 0.717) is 21.5 Å². The van der Waals surface area contributed by atoms with Crippen LogP contribution in [0.2, 0.25) is 0 Å². The second kappa shape index (κ2) is 10.1. The Balaban J connectivity index is 1.35. The van der Waals surface area contributed by atoms with Crippen LogP contribution in [-0.2, 0) is 30.4 Å². The Morgan fingerprint density at radius 1 is 1.16 bits per heavy atom. The molecule has 168 valence electrons. The first-order valence-corrected chi connectivity index (χ1v) is 13.2. The van der Waals surface area contributed by atoms with Crippen LogP contribution < -0.4 is 11.1 Å². The minimum Gasteiger partial charge on any atom is -0.365 e. The van der Waals surface area contributed by atoms with Gasteiger partial charge in [0.15, 0.2) is 5.16 Å². The lowest BCUT2D eigenvalue weighted by atomic mass is 9.95. The number of rotatable bonds is 8. The molecule has 2 amide bonds. The second-order valence-corrected chi connectivity index (χ2v) is 10.8. The number of nitrogens with zero attached hydrogens (tertiary/aromatic N) is 3. The Bertz CT molecular complexity index is 1140. The lowest BCUT2D eigenvalue weighted by molar-refractivity contribution is -0.113. The van der Waals surface area contributed by atoms with Gasteiger partial charge in [0.25, 0.3) is 5.91 Å². The van der Waals surface area contributed by atoms with E-state index < -0.39 is 5.91 Å². The number of carbonyl (C=O) groups is 2. The molecule has 0 spiro atoms. The van der Waals surface area contributed by atoms with Gasteiger partial charge in [0, 0.05) is 16.8 Å². The molecule has 3 aromatic rings. The van der Waals surface area contributed by atoms with Gasteiger partial charge in [-0.05, 0) is 50.3 Å². The molecule has 3 N–H and O–H groups in total. The van der Waals surface area contributed by atoms with E-state index in [4.69, 9.17) is 5.73 Å². The van der Waals surface area contributed by atoms with Gasteiger partial charge in [0.05, 0.1) is 17.1 Å². The summed E-state index contributed by atoms with van der Waals surface area (Å²) in [5.41, 5.74) is 8.34. The quantitative estimate of drug-likeness (QED) is 0.462. The predicted molar refractivity (Wildman–Crippen MR) is 131 cm³/mol. The van der Waals surface area contributed by atoms with Crippen LogP contribution >= 0.6 is 34.9 Å². The maximum absolute atomic E-state index is 12.6. The zero-order chi connectivity index (χ0) is 22.7. The summed E-state index contributed by atoms with van der Waals surface area (Å²) in [6, 6.07) is 8.37. The smallest absolute Gasteiger partial charge is 0.251 e. The van der Waals surface area contributed by atoms with E-state index in [0.717, 1.165) is 41.9 Å². The van der Waals surface area contributed by atoms with E-state index in [2.05, 4.69) is 46.7 Å². The van der Waals surface area contributed by atoms with Gasteiger partial charge in [0.1, 0.15) is 10.8 Å². The topological polar surface area (TPSA) is 103 Å². The van der Waals surface area contributed by atoms with Crippen molar-refractivity contribution in [3.05, 3.63) is 51.7 Å². The molecule has 1 aromatic carbocycles. The van der Waals surface area contributed by atoms with Crippen LogP contribution in [0.3, 0.4) is 0 Å². The molecule has 1 aliphatic carbocycles. The van der Waals surface area contributed by atoms with Gasteiger partial charge in [-0.3, -0.25) is 9.59 Å². The van der Waals surface area contributed by atoms with Crippen molar-refractivity contribution >= 4 is 51.7 Å². The molecule has 0 saturated carbocycles. The summed E-state index contributed by atoms with van der Waals surface area (Å²) in [4.78, 5) is 26.9. The number of nitrogens with one attached hydrogen (secondary N) is 1. The number of hydrogen-bond donors (Lipinski definition) is 2. The monoisotopic (exact) mass is 487 g/mol. The second-order valence-electron chi connectivity index (χ2n) is 7.68. The molecule has 7 nitrogen and oxygen atoms in total. The van der Waals surface area contributed by atoms with Crippen LogP contribution in [0.1, 0.15) is 45.0 Å². The summed E-state index contributed by atoms with van der Waals surface area (Å²) in [6.45, 7) is 2.07. The molecule has 0 unspecified atom stereocenters. The first-order chi connectivity index (χ1) is 15.4. The molecular formula is C22H25N5O2S3. The number of hydrogen-bond acceptors (Lipinski definition) is 7. The number of thioether (sulfide) groups is 2. The van der Waals surface area contributed by atoms with Crippen LogP contribution in [0.5, 0.6) is 0 Å². The van der Waals surface area contributed by atoms with Gasteiger partial charge in [-0.2, -0.15) is 0 Å². The number of anilines is 1. The normalized spacial score (nSPS) is 13.1. The van der Waals surface area contributed by atoms with Gasteiger partial charge in [-0.25, -0.2) is 0 Å². The number of aromatic nitrogens is 3. The number of fused-ring (bicyclic) bond motifs is 1. The van der Waals surface area contributed by atoms with Crippen LogP contribution in [-0.4, -0.2) is 32.3 Å². The number of amides is 2. The summed E-state index contributed by atoms with van der Waals surface area (Å²) in [7, 11) is 1.91. The Labute approximate surface area is 199 Å². The minimum atomic E-state index is -0.476. The van der Waals surface area contributed by atoms with E-state index in [1.807, 2.05) is 11.6 Å². The third-order valence-corrected chi connectivity index (χ3v) is 8.55. The molecule has 4 rings (SSSR count). The standard InChI is InChI=1S/C22H25N5O2S3/c1-13-7-9-14(10-8-13)30-11-17-25-26-22(27(17)2)31-12-18(28)24-21-19(20(23)29)15-5-3-4-6-16(15)32-21/h7-10H,3-6,11-12H2,1-2H3,(H2,23,29)(H,24,28). The first-order valence-electron chi connectivity index (χ1n) is 10.4. The molecule has 0 radical (unpaired) electrons. The average Bonchev–Trinajstić information content (AvgIpc) is 3.31. The van der Waals surface area contributed by atoms with E-state index in [9.17, 15) is 9.59 Å². The van der Waals surface area contributed by atoms with Crippen molar-refractivity contribution in [3.8, 4) is 0 Å². The van der Waals surface area contributed by atoms with Crippen molar-refractivity contribution in [2.24, 2.45) is 12.8 Å². The van der Waals surface area contributed by atoms with Gasteiger partial charge in [0.2, 0.25) is 5.91 Å². The summed E-state index contributed by atoms with van der Waals surface area (Å²) in [6.07, 6.45) is 3.93. The van der Waals surface area contributed by atoms with Gasteiger partial charge in [-0.15, -0.1) is 33.3 Å². The van der Waals surface area contributed by atoms with E-state index in [1.54, 1.807) is 11.8 Å². The van der Waals surface area contributed by atoms with Gasteiger partial charge in [-0.1, -0.05) is 29.5 Å². The lowest BCUT2D eigenvalue weighted by Gasteiger charge is -2.11. The maximum Gasteiger partial charge on any atom is 0.251 e. The fourth-order valence-corrected chi connectivity index (χ4v) is 6.50. The molecule has 0 atom stereocenters. The Hall–Kier alpha value is -2.30. The summed E-state index contributed by atoms with van der Waals surface area (Å²) in [5.74, 6) is 1.06. The molecule has 0 fully saturated rings. The number of aryl methyl sites for hydroxylation is 2. The fraction of sp³-hybridized carbons (Fsp3) is 0.364. The summed E-state index contributed by atoms with van der Waals surface area (Å²) < 4.78 is 1.91. The van der Waals surface area contributed by atoms with E-state index >= 15 is 0 Å². The van der Waals surface area contributed by atoms with E-state index in [1.165, 1.54) is 33.6 Å². The number of benzene rings is 1. The lowest BCUT2D eigenvalue weighted by Crippen LogP contribution is -2.19. The third-order valence-electron chi connectivity index (χ3n) is 5.32. The molecule has 0 bridgehead atoms. The zero-order valence-electron chi connectivity index (χ0n) is 18.0. The fourth-order valence-electron chi connectivity index (χ4n) is 3.59. The molecule has 0 aliphatic heterocycles. The highest BCUT2D eigenvalue weighted by Crippen LogP contribution is 2.38. The van der Waals surface area contributed by atoms with Crippen LogP contribution in [0.4, 0.5) is 5.00 Å². The number of nitrogens with two attached hydrogens (primary N) is 1. The van der Waals surface area contributed by atoms with Crippen LogP contribution in [0.15, 0.2) is 34.3 Å². The molecule has 0 saturated heterocycles. The molecule has 10 heteroatoms. The van der Waals surface area contributed by atoms with Crippen molar-refractivity contribution in [2.45, 2.75) is 48.4 Å². The largest absolute Gasteiger partial charge is 0.365 e. The van der Waals surface area contributed by atoms with Crippen molar-refractivity contribution in [2.75, 3.05) is 11.1 Å². The molecule has 1 aliphatic rings. The summed E-state index contributed by atoms with van der Waals surface area (Å²) >= 11 is 4.50. The Kier molecular flexibility index (Phi) is 7.22. The highest BCUT2D eigenvalue weighted by Gasteiger charge is 2.25. The van der Waals surface area contributed by atoms with Gasteiger partial charge < -0.3 is 15.6 Å². The average molecular weight is 488 g/mol. The van der Waals surface area contributed by atoms with E-state index in [-0.39, 0.29) is 11.7 Å². The number of carbonyl (C=O) groups excluding carboxylic acids is 2. The molecular weight excluding hydrogens is 462 g/mol. The highest BCUT2D eigenvalue weighted by atomic mass is 32.2. The SMILES string of the molecule is Cc1ccc(SCc2nnc(SCC(=O)Nc3sc4c(c3C(N)=O)CCCC4)n2C)cc1. The van der Waals surface area contributed by atoms with Gasteiger partial charge >= 0.3 is 0 Å². The minimum absolute atomic E-state index is 0.178. The van der Waals surface area contributed by atoms with Crippen molar-refractivity contribution in [1.29, 1.82) is 0 Å². The third kappa shape index (κ3) is 5.19. The predicted octanol–water partition coefficient (Wildman–Crippen LogP) is 4.19.